The van der Waals surface area contributed by atoms with Crippen LogP contribution in [0.15, 0.2) is 47.5 Å². The van der Waals surface area contributed by atoms with Crippen molar-refractivity contribution < 1.29 is 24.2 Å². The molecular weight excluding hydrogens is 459 g/mol. The minimum Gasteiger partial charge on any atom is -0.478 e. The van der Waals surface area contributed by atoms with Crippen LogP contribution in [0, 0.1) is 5.82 Å². The van der Waals surface area contributed by atoms with E-state index in [0.717, 1.165) is 46.8 Å². The average Bonchev–Trinajstić information content (AvgIpc) is 3.06. The molecule has 34 heavy (non-hydrogen) atoms. The van der Waals surface area contributed by atoms with Gasteiger partial charge in [-0.2, -0.15) is 0 Å². The normalized spacial score (nSPS) is 16.4. The Kier molecular flexibility index (Phi) is 5.54. The number of benzene rings is 2. The summed E-state index contributed by atoms with van der Waals surface area (Å²) in [6.45, 7) is 3.15. The predicted molar refractivity (Wildman–Crippen MR) is 130 cm³/mol. The van der Waals surface area contributed by atoms with Crippen molar-refractivity contribution in [1.82, 2.24) is 9.80 Å². The number of aliphatic imine (C=N–C) groups is 1. The number of anilines is 2. The van der Waals surface area contributed by atoms with Gasteiger partial charge in [-0.1, -0.05) is 6.07 Å². The second kappa shape index (κ2) is 8.54. The van der Waals surface area contributed by atoms with E-state index in [1.807, 2.05) is 0 Å². The Labute approximate surface area is 198 Å². The van der Waals surface area contributed by atoms with E-state index in [1.54, 1.807) is 24.3 Å². The van der Waals surface area contributed by atoms with Crippen LogP contribution in [0.5, 0.6) is 0 Å². The van der Waals surface area contributed by atoms with Gasteiger partial charge in [0, 0.05) is 48.4 Å². The standard InChI is InChI=1S/C24H21FN4O4S/c1-28-6-8-29(9-7-28)22-21-16-10-13(15(24(32)33)12-20(30)31)2-5-19(16)34-23(21)27-17-4-3-14(25)11-18(17)26-22/h2-5,10-12,27H,6-9H2,1H3,(H,30,31)(H,32,33)/b15-12+. The van der Waals surface area contributed by atoms with Crippen LogP contribution < -0.4 is 5.32 Å². The van der Waals surface area contributed by atoms with Crippen LogP contribution in [0.25, 0.3) is 15.7 Å². The topological polar surface area (TPSA) is 105 Å². The van der Waals surface area contributed by atoms with E-state index in [-0.39, 0.29) is 17.0 Å². The first-order valence-corrected chi connectivity index (χ1v) is 11.5. The summed E-state index contributed by atoms with van der Waals surface area (Å²) in [5, 5.41) is 23.7. The molecule has 10 heteroatoms. The van der Waals surface area contributed by atoms with Gasteiger partial charge in [-0.25, -0.2) is 19.0 Å². The van der Waals surface area contributed by atoms with Crippen LogP contribution in [-0.2, 0) is 9.59 Å². The molecule has 3 heterocycles. The molecule has 2 aromatic carbocycles. The minimum absolute atomic E-state index is 0.286. The van der Waals surface area contributed by atoms with Crippen molar-refractivity contribution >= 4 is 61.1 Å². The maximum atomic E-state index is 14.1. The van der Waals surface area contributed by atoms with Crippen molar-refractivity contribution in [2.75, 3.05) is 38.5 Å². The Bertz CT molecular complexity index is 1390. The minimum atomic E-state index is -1.33. The van der Waals surface area contributed by atoms with Gasteiger partial charge in [-0.15, -0.1) is 11.3 Å². The van der Waals surface area contributed by atoms with E-state index < -0.39 is 11.9 Å². The molecule has 0 unspecified atom stereocenters. The molecule has 174 valence electrons. The number of carbonyl (C=O) groups is 2. The van der Waals surface area contributed by atoms with Crippen molar-refractivity contribution in [3.8, 4) is 0 Å². The smallest absolute Gasteiger partial charge is 0.336 e. The fourth-order valence-electron chi connectivity index (χ4n) is 4.21. The fraction of sp³-hybridized carbons (Fsp3) is 0.208. The summed E-state index contributed by atoms with van der Waals surface area (Å²) < 4.78 is 14.9. The van der Waals surface area contributed by atoms with Crippen LogP contribution in [0.3, 0.4) is 0 Å². The molecule has 0 spiro atoms. The molecular formula is C24H21FN4O4S. The molecule has 8 nitrogen and oxygen atoms in total. The van der Waals surface area contributed by atoms with Crippen LogP contribution in [0.4, 0.5) is 20.8 Å². The molecule has 0 radical (unpaired) electrons. The quantitative estimate of drug-likeness (QED) is 0.487. The van der Waals surface area contributed by atoms with E-state index in [0.29, 0.717) is 23.3 Å². The van der Waals surface area contributed by atoms with E-state index in [9.17, 15) is 19.1 Å². The summed E-state index contributed by atoms with van der Waals surface area (Å²) >= 11 is 1.49. The van der Waals surface area contributed by atoms with Gasteiger partial charge in [-0.05, 0) is 36.9 Å². The van der Waals surface area contributed by atoms with Gasteiger partial charge in [0.1, 0.15) is 16.7 Å². The molecule has 2 aliphatic heterocycles. The maximum Gasteiger partial charge on any atom is 0.336 e. The van der Waals surface area contributed by atoms with E-state index >= 15 is 0 Å². The first kappa shape index (κ1) is 22.1. The highest BCUT2D eigenvalue weighted by Crippen LogP contribution is 2.44. The molecule has 5 rings (SSSR count). The lowest BCUT2D eigenvalue weighted by molar-refractivity contribution is -0.133. The summed E-state index contributed by atoms with van der Waals surface area (Å²) in [4.78, 5) is 32.2. The number of nitrogens with one attached hydrogen (secondary N) is 1. The fourth-order valence-corrected chi connectivity index (χ4v) is 5.30. The lowest BCUT2D eigenvalue weighted by atomic mass is 10.0. The molecule has 3 aromatic rings. The number of halogens is 1. The molecule has 0 aliphatic carbocycles. The maximum absolute atomic E-state index is 14.1. The number of carboxylic acid groups (broad SMARTS) is 2. The number of piperazine rings is 1. The van der Waals surface area contributed by atoms with Crippen molar-refractivity contribution in [2.45, 2.75) is 0 Å². The zero-order valence-corrected chi connectivity index (χ0v) is 19.0. The highest BCUT2D eigenvalue weighted by Gasteiger charge is 2.28. The van der Waals surface area contributed by atoms with Crippen LogP contribution in [-0.4, -0.2) is 71.0 Å². The molecule has 0 saturated carbocycles. The summed E-state index contributed by atoms with van der Waals surface area (Å²) in [6, 6.07) is 9.51. The molecule has 3 N–H and O–H groups in total. The van der Waals surface area contributed by atoms with Gasteiger partial charge < -0.3 is 25.3 Å². The number of nitrogens with zero attached hydrogens (tertiary/aromatic N) is 3. The number of amidine groups is 1. The van der Waals surface area contributed by atoms with Gasteiger partial charge in [0.05, 0.1) is 22.5 Å². The largest absolute Gasteiger partial charge is 0.478 e. The molecule has 0 atom stereocenters. The molecule has 1 fully saturated rings. The Morgan fingerprint density at radius 3 is 2.59 bits per heavy atom. The lowest BCUT2D eigenvalue weighted by Crippen LogP contribution is -2.47. The number of aliphatic carboxylic acids is 2. The van der Waals surface area contributed by atoms with Crippen LogP contribution in [0.1, 0.15) is 11.1 Å². The monoisotopic (exact) mass is 480 g/mol. The summed E-state index contributed by atoms with van der Waals surface area (Å²) in [5.41, 5.74) is 1.94. The van der Waals surface area contributed by atoms with Gasteiger partial charge in [0.25, 0.3) is 0 Å². The number of rotatable bonds is 3. The Morgan fingerprint density at radius 1 is 1.12 bits per heavy atom. The van der Waals surface area contributed by atoms with Crippen molar-refractivity contribution in [2.24, 2.45) is 4.99 Å². The highest BCUT2D eigenvalue weighted by atomic mass is 32.1. The van der Waals surface area contributed by atoms with Crippen molar-refractivity contribution in [3.63, 3.8) is 0 Å². The number of carboxylic acids is 2. The molecule has 0 bridgehead atoms. The number of hydrogen-bond acceptors (Lipinski definition) is 7. The summed E-state index contributed by atoms with van der Waals surface area (Å²) in [7, 11) is 2.05. The van der Waals surface area contributed by atoms with E-state index in [4.69, 9.17) is 10.1 Å². The van der Waals surface area contributed by atoms with Gasteiger partial charge in [0.15, 0.2) is 0 Å². The summed E-state index contributed by atoms with van der Waals surface area (Å²) in [6.07, 6.45) is 0.695. The summed E-state index contributed by atoms with van der Waals surface area (Å²) in [5.74, 6) is -2.36. The zero-order chi connectivity index (χ0) is 24.0. The highest BCUT2D eigenvalue weighted by molar-refractivity contribution is 7.23. The predicted octanol–water partition coefficient (Wildman–Crippen LogP) is 3.98. The SMILES string of the molecule is CN1CCN(C2=Nc3cc(F)ccc3Nc3sc4ccc(/C(=C\C(=O)O)C(=O)O)cc4c32)CC1. The van der Waals surface area contributed by atoms with Gasteiger partial charge in [-0.3, -0.25) is 0 Å². The number of likely N-dealkylation sites (N-methyl/N-ethyl adjacent to an activating group) is 1. The van der Waals surface area contributed by atoms with E-state index in [1.165, 1.54) is 23.5 Å². The van der Waals surface area contributed by atoms with E-state index in [2.05, 4.69) is 22.2 Å². The molecule has 2 aliphatic rings. The third-order valence-electron chi connectivity index (χ3n) is 5.96. The zero-order valence-electron chi connectivity index (χ0n) is 18.2. The van der Waals surface area contributed by atoms with Crippen LogP contribution in [0.2, 0.25) is 0 Å². The second-order valence-corrected chi connectivity index (χ2v) is 9.28. The number of hydrogen-bond donors (Lipinski definition) is 3. The Morgan fingerprint density at radius 2 is 1.88 bits per heavy atom. The molecule has 1 aromatic heterocycles. The van der Waals surface area contributed by atoms with Crippen molar-refractivity contribution in [3.05, 3.63) is 59.4 Å². The Hall–Kier alpha value is -3.76. The average molecular weight is 481 g/mol. The first-order valence-electron chi connectivity index (χ1n) is 10.6. The number of thiophene rings is 1. The molecule has 0 amide bonds. The lowest BCUT2D eigenvalue weighted by Gasteiger charge is -2.34. The number of fused-ring (bicyclic) bond motifs is 4. The second-order valence-electron chi connectivity index (χ2n) is 8.23. The molecule has 1 saturated heterocycles. The van der Waals surface area contributed by atoms with Gasteiger partial charge in [0.2, 0.25) is 0 Å². The van der Waals surface area contributed by atoms with Crippen molar-refractivity contribution in [1.29, 1.82) is 0 Å². The third kappa shape index (κ3) is 4.02. The first-order chi connectivity index (χ1) is 16.3. The van der Waals surface area contributed by atoms with Crippen LogP contribution >= 0.6 is 11.3 Å². The third-order valence-corrected chi connectivity index (χ3v) is 7.04. The Balaban J connectivity index is 1.73. The van der Waals surface area contributed by atoms with Gasteiger partial charge >= 0.3 is 11.9 Å².